The second-order valence-corrected chi connectivity index (χ2v) is 8.70. The number of hydrogen-bond acceptors (Lipinski definition) is 4. The van der Waals surface area contributed by atoms with E-state index < -0.39 is 5.97 Å². The predicted molar refractivity (Wildman–Crippen MR) is 133 cm³/mol. The van der Waals surface area contributed by atoms with Crippen LogP contribution in [0.2, 0.25) is 5.02 Å². The minimum atomic E-state index is -1.04. The number of nitrogens with zero attached hydrogens (tertiary/aromatic N) is 2. The molecule has 0 aliphatic carbocycles. The van der Waals surface area contributed by atoms with Crippen molar-refractivity contribution in [1.29, 1.82) is 0 Å². The lowest BCUT2D eigenvalue weighted by atomic mass is 10.1. The third-order valence-corrected chi connectivity index (χ3v) is 6.18. The molecule has 7 heteroatoms. The van der Waals surface area contributed by atoms with Crippen molar-refractivity contribution < 1.29 is 14.7 Å². The van der Waals surface area contributed by atoms with Crippen LogP contribution >= 0.6 is 11.6 Å². The molecular formula is C26H26ClN3O3. The summed E-state index contributed by atoms with van der Waals surface area (Å²) in [6.45, 7) is 7.38. The lowest BCUT2D eigenvalue weighted by molar-refractivity contribution is 0.0696. The van der Waals surface area contributed by atoms with Gasteiger partial charge in [-0.2, -0.15) is 0 Å². The van der Waals surface area contributed by atoms with Gasteiger partial charge in [0.1, 0.15) is 0 Å². The number of benzene rings is 3. The van der Waals surface area contributed by atoms with Crippen LogP contribution in [0.5, 0.6) is 0 Å². The van der Waals surface area contributed by atoms with Crippen LogP contribution in [-0.4, -0.2) is 43.2 Å². The zero-order chi connectivity index (χ0) is 23.5. The normalized spacial score (nSPS) is 13.7. The Balaban J connectivity index is 1.56. The third-order valence-electron chi connectivity index (χ3n) is 5.92. The Labute approximate surface area is 198 Å². The van der Waals surface area contributed by atoms with E-state index in [9.17, 15) is 14.7 Å². The molecule has 33 heavy (non-hydrogen) atoms. The first kappa shape index (κ1) is 22.7. The van der Waals surface area contributed by atoms with Gasteiger partial charge in [0.25, 0.3) is 5.91 Å². The molecule has 1 heterocycles. The van der Waals surface area contributed by atoms with Crippen LogP contribution in [-0.2, 0) is 0 Å². The number of nitrogens with one attached hydrogen (secondary N) is 1. The Morgan fingerprint density at radius 3 is 2.06 bits per heavy atom. The van der Waals surface area contributed by atoms with E-state index in [0.717, 1.165) is 31.9 Å². The number of carboxylic acids is 1. The summed E-state index contributed by atoms with van der Waals surface area (Å²) >= 11 is 5.93. The molecule has 3 aromatic carbocycles. The second-order valence-electron chi connectivity index (χ2n) is 8.26. The highest BCUT2D eigenvalue weighted by Gasteiger charge is 2.22. The van der Waals surface area contributed by atoms with Crippen molar-refractivity contribution in [3.63, 3.8) is 0 Å². The van der Waals surface area contributed by atoms with Gasteiger partial charge in [-0.25, -0.2) is 4.79 Å². The lowest BCUT2D eigenvalue weighted by Crippen LogP contribution is -2.47. The Morgan fingerprint density at radius 1 is 0.818 bits per heavy atom. The van der Waals surface area contributed by atoms with Gasteiger partial charge in [-0.15, -0.1) is 0 Å². The maximum atomic E-state index is 12.8. The molecule has 0 bridgehead atoms. The topological polar surface area (TPSA) is 72.9 Å². The summed E-state index contributed by atoms with van der Waals surface area (Å²) < 4.78 is 0. The van der Waals surface area contributed by atoms with Crippen molar-refractivity contribution in [3.05, 3.63) is 87.9 Å². The SMILES string of the molecule is Cc1ccc(C)c(N2CCN(c3ccc(C(=O)O)cc3NC(=O)c3ccc(Cl)cc3)CC2)c1. The lowest BCUT2D eigenvalue weighted by Gasteiger charge is -2.38. The van der Waals surface area contributed by atoms with E-state index in [4.69, 9.17) is 11.6 Å². The van der Waals surface area contributed by atoms with Gasteiger partial charge in [-0.05, 0) is 73.5 Å². The summed E-state index contributed by atoms with van der Waals surface area (Å²) in [5.74, 6) is -1.35. The Bertz CT molecular complexity index is 1190. The molecule has 0 aromatic heterocycles. The zero-order valence-electron chi connectivity index (χ0n) is 18.6. The molecule has 3 aromatic rings. The zero-order valence-corrected chi connectivity index (χ0v) is 19.4. The van der Waals surface area contributed by atoms with Gasteiger partial charge in [-0.3, -0.25) is 4.79 Å². The average molecular weight is 464 g/mol. The fourth-order valence-electron chi connectivity index (χ4n) is 4.09. The molecule has 1 fully saturated rings. The molecule has 1 saturated heterocycles. The number of hydrogen-bond donors (Lipinski definition) is 2. The molecule has 170 valence electrons. The Morgan fingerprint density at radius 2 is 1.42 bits per heavy atom. The second kappa shape index (κ2) is 9.55. The highest BCUT2D eigenvalue weighted by molar-refractivity contribution is 6.30. The smallest absolute Gasteiger partial charge is 0.335 e. The van der Waals surface area contributed by atoms with Crippen molar-refractivity contribution in [2.45, 2.75) is 13.8 Å². The van der Waals surface area contributed by atoms with Crippen LogP contribution in [0.3, 0.4) is 0 Å². The molecule has 6 nitrogen and oxygen atoms in total. The monoisotopic (exact) mass is 463 g/mol. The Hall–Kier alpha value is -3.51. The number of rotatable bonds is 5. The van der Waals surface area contributed by atoms with E-state index in [1.807, 2.05) is 0 Å². The third kappa shape index (κ3) is 5.12. The minimum absolute atomic E-state index is 0.124. The fraction of sp³-hybridized carbons (Fsp3) is 0.231. The molecule has 1 aliphatic rings. The molecule has 1 aliphatic heterocycles. The van der Waals surface area contributed by atoms with Crippen LogP contribution in [0, 0.1) is 13.8 Å². The first-order chi connectivity index (χ1) is 15.8. The molecule has 0 spiro atoms. The van der Waals surface area contributed by atoms with Crippen molar-refractivity contribution in [3.8, 4) is 0 Å². The highest BCUT2D eigenvalue weighted by atomic mass is 35.5. The van der Waals surface area contributed by atoms with Gasteiger partial charge in [0.15, 0.2) is 0 Å². The molecule has 0 unspecified atom stereocenters. The number of piperazine rings is 1. The van der Waals surface area contributed by atoms with Crippen LogP contribution in [0.1, 0.15) is 31.8 Å². The van der Waals surface area contributed by atoms with Crippen LogP contribution in [0.15, 0.2) is 60.7 Å². The number of amides is 1. The average Bonchev–Trinajstić information content (AvgIpc) is 2.81. The standard InChI is InChI=1S/C26H26ClN3O3/c1-17-3-4-18(2)24(15-17)30-13-11-29(12-14-30)23-10-7-20(26(32)33)16-22(23)28-25(31)19-5-8-21(27)9-6-19/h3-10,15-16H,11-14H2,1-2H3,(H,28,31)(H,32,33). The van der Waals surface area contributed by atoms with Crippen molar-refractivity contribution in [2.75, 3.05) is 41.3 Å². The number of anilines is 3. The molecular weight excluding hydrogens is 438 g/mol. The predicted octanol–water partition coefficient (Wildman–Crippen LogP) is 5.23. The van der Waals surface area contributed by atoms with Gasteiger partial charge in [0, 0.05) is 42.5 Å². The van der Waals surface area contributed by atoms with Gasteiger partial charge < -0.3 is 20.2 Å². The summed E-state index contributed by atoms with van der Waals surface area (Å²) in [5.41, 5.74) is 5.58. The number of aromatic carboxylic acids is 1. The molecule has 1 amide bonds. The van der Waals surface area contributed by atoms with Crippen LogP contribution in [0.25, 0.3) is 0 Å². The van der Waals surface area contributed by atoms with Crippen molar-refractivity contribution in [2.24, 2.45) is 0 Å². The number of carboxylic acid groups (broad SMARTS) is 1. The van der Waals surface area contributed by atoms with E-state index >= 15 is 0 Å². The highest BCUT2D eigenvalue weighted by Crippen LogP contribution is 2.31. The summed E-state index contributed by atoms with van der Waals surface area (Å²) in [7, 11) is 0. The van der Waals surface area contributed by atoms with Gasteiger partial charge in [-0.1, -0.05) is 23.7 Å². The summed E-state index contributed by atoms with van der Waals surface area (Å²) in [6.07, 6.45) is 0. The quantitative estimate of drug-likeness (QED) is 0.541. The van der Waals surface area contributed by atoms with E-state index in [1.165, 1.54) is 22.9 Å². The summed E-state index contributed by atoms with van der Waals surface area (Å²) in [4.78, 5) is 28.9. The largest absolute Gasteiger partial charge is 0.478 e. The number of halogens is 1. The number of aryl methyl sites for hydroxylation is 2. The van der Waals surface area contributed by atoms with E-state index in [1.54, 1.807) is 36.4 Å². The first-order valence-electron chi connectivity index (χ1n) is 10.8. The van der Waals surface area contributed by atoms with E-state index in [-0.39, 0.29) is 11.5 Å². The fourth-order valence-corrected chi connectivity index (χ4v) is 4.22. The number of carbonyl (C=O) groups excluding carboxylic acids is 1. The molecule has 0 saturated carbocycles. The van der Waals surface area contributed by atoms with E-state index in [2.05, 4.69) is 47.2 Å². The molecule has 0 radical (unpaired) electrons. The Kier molecular flexibility index (Phi) is 6.56. The van der Waals surface area contributed by atoms with Crippen LogP contribution < -0.4 is 15.1 Å². The van der Waals surface area contributed by atoms with Gasteiger partial charge in [0.05, 0.1) is 16.9 Å². The van der Waals surface area contributed by atoms with Crippen molar-refractivity contribution >= 4 is 40.5 Å². The van der Waals surface area contributed by atoms with Gasteiger partial charge >= 0.3 is 5.97 Å². The van der Waals surface area contributed by atoms with E-state index in [0.29, 0.717) is 16.3 Å². The van der Waals surface area contributed by atoms with Gasteiger partial charge in [0.2, 0.25) is 0 Å². The summed E-state index contributed by atoms with van der Waals surface area (Å²) in [6, 6.07) is 17.9. The maximum absolute atomic E-state index is 12.8. The number of carbonyl (C=O) groups is 2. The molecule has 4 rings (SSSR count). The van der Waals surface area contributed by atoms with Crippen molar-refractivity contribution in [1.82, 2.24) is 0 Å². The summed E-state index contributed by atoms with van der Waals surface area (Å²) in [5, 5.41) is 12.9. The first-order valence-corrected chi connectivity index (χ1v) is 11.2. The molecule has 0 atom stereocenters. The van der Waals surface area contributed by atoms with Crippen LogP contribution in [0.4, 0.5) is 17.1 Å². The maximum Gasteiger partial charge on any atom is 0.335 e. The minimum Gasteiger partial charge on any atom is -0.478 e. The molecule has 2 N–H and O–H groups in total.